The maximum absolute atomic E-state index is 14.0. The van der Waals surface area contributed by atoms with Crippen molar-refractivity contribution < 1.29 is 24.2 Å². The monoisotopic (exact) mass is 521 g/mol. The first-order valence-electron chi connectivity index (χ1n) is 13.6. The Morgan fingerprint density at radius 1 is 1.10 bits per heavy atom. The zero-order valence-electron chi connectivity index (χ0n) is 22.0. The van der Waals surface area contributed by atoms with Gasteiger partial charge in [-0.15, -0.1) is 0 Å². The first kappa shape index (κ1) is 24.0. The van der Waals surface area contributed by atoms with E-state index >= 15 is 0 Å². The van der Waals surface area contributed by atoms with Crippen LogP contribution in [0.1, 0.15) is 46.6 Å². The molecule has 0 unspecified atom stereocenters. The molecule has 4 atom stereocenters. The lowest BCUT2D eigenvalue weighted by molar-refractivity contribution is -0.157. The van der Waals surface area contributed by atoms with Gasteiger partial charge in [0.05, 0.1) is 19.1 Å². The molecule has 1 saturated carbocycles. The van der Waals surface area contributed by atoms with Gasteiger partial charge < -0.3 is 19.5 Å². The van der Waals surface area contributed by atoms with Crippen molar-refractivity contribution in [3.05, 3.63) is 101 Å². The highest BCUT2D eigenvalue weighted by atomic mass is 16.5. The average Bonchev–Trinajstić information content (AvgIpc) is 3.63. The van der Waals surface area contributed by atoms with Crippen molar-refractivity contribution in [2.24, 2.45) is 11.3 Å². The van der Waals surface area contributed by atoms with E-state index in [1.165, 1.54) is 11.1 Å². The summed E-state index contributed by atoms with van der Waals surface area (Å²) in [5.41, 5.74) is 3.97. The van der Waals surface area contributed by atoms with E-state index in [0.29, 0.717) is 30.0 Å². The Hall–Kier alpha value is -4.06. The third kappa shape index (κ3) is 3.09. The molecule has 39 heavy (non-hydrogen) atoms. The summed E-state index contributed by atoms with van der Waals surface area (Å²) in [5.74, 6) is -0.00756. The number of nitrogens with zero attached hydrogens (tertiary/aromatic N) is 1. The molecule has 6 heteroatoms. The minimum absolute atomic E-state index is 0.159. The first-order valence-corrected chi connectivity index (χ1v) is 13.6. The molecule has 3 aromatic rings. The number of likely N-dealkylation sites (tertiary alicyclic amines) is 1. The zero-order valence-corrected chi connectivity index (χ0v) is 22.0. The number of methoxy groups -OCH3 is 1. The van der Waals surface area contributed by atoms with Crippen LogP contribution in [0.25, 0.3) is 5.57 Å². The number of fused-ring (bicyclic) bond motifs is 2. The fourth-order valence-corrected chi connectivity index (χ4v) is 8.27. The topological polar surface area (TPSA) is 76.1 Å². The molecule has 2 bridgehead atoms. The lowest BCUT2D eigenvalue weighted by Crippen LogP contribution is -2.60. The first-order chi connectivity index (χ1) is 18.9. The van der Waals surface area contributed by atoms with Crippen molar-refractivity contribution >= 4 is 17.4 Å². The maximum Gasteiger partial charge on any atom is 0.312 e. The fourth-order valence-electron chi connectivity index (χ4n) is 8.27. The Bertz CT molecular complexity index is 1540. The van der Waals surface area contributed by atoms with Gasteiger partial charge in [-0.3, -0.25) is 9.59 Å². The minimum atomic E-state index is -1.08. The van der Waals surface area contributed by atoms with Gasteiger partial charge >= 0.3 is 5.97 Å². The molecule has 2 heterocycles. The maximum atomic E-state index is 14.0. The third-order valence-electron chi connectivity index (χ3n) is 9.92. The van der Waals surface area contributed by atoms with Gasteiger partial charge in [0.15, 0.2) is 0 Å². The van der Waals surface area contributed by atoms with E-state index in [2.05, 4.69) is 36.9 Å². The van der Waals surface area contributed by atoms with Crippen LogP contribution in [0.15, 0.2) is 73.3 Å². The van der Waals surface area contributed by atoms with Crippen molar-refractivity contribution in [3.8, 4) is 11.5 Å². The second kappa shape index (κ2) is 8.47. The molecule has 3 aliphatic carbocycles. The fraction of sp³-hybridized carbons (Fsp3) is 0.333. The quantitative estimate of drug-likeness (QED) is 0.476. The molecule has 5 aliphatic rings. The Balaban J connectivity index is 1.37. The van der Waals surface area contributed by atoms with Crippen LogP contribution in [-0.4, -0.2) is 48.7 Å². The van der Waals surface area contributed by atoms with Crippen LogP contribution in [0.4, 0.5) is 0 Å². The molecule has 2 aliphatic heterocycles. The number of ether oxygens (including phenoxy) is 2. The summed E-state index contributed by atoms with van der Waals surface area (Å²) in [7, 11) is 1.57. The predicted octanol–water partition coefficient (Wildman–Crippen LogP) is 5.05. The number of hydrogen-bond acceptors (Lipinski definition) is 4. The standard InChI is InChI=1S/C33H31NO5/c1-20(23-7-4-6-10-28(23)38-2)30(35)34-18-29-32(22-11-12-27-21(17-22)14-16-39-27)15-13-26(33(29,19-34)31(36)37)24-8-3-5-9-25(24)32/h3-12,17,26,29H,1,13-16,18-19H2,2H3,(H,36,37)/t26-,29+,32-,33+/m1/s1. The molecule has 0 spiro atoms. The summed E-state index contributed by atoms with van der Waals surface area (Å²) in [6.45, 7) is 5.33. The number of amides is 1. The number of para-hydroxylation sites is 1. The highest BCUT2D eigenvalue weighted by Crippen LogP contribution is 2.69. The van der Waals surface area contributed by atoms with E-state index in [1.807, 2.05) is 30.3 Å². The smallest absolute Gasteiger partial charge is 0.312 e. The lowest BCUT2D eigenvalue weighted by atomic mass is 9.42. The summed E-state index contributed by atoms with van der Waals surface area (Å²) in [4.78, 5) is 29.1. The van der Waals surface area contributed by atoms with Crippen LogP contribution in [0, 0.1) is 11.3 Å². The van der Waals surface area contributed by atoms with Crippen LogP contribution in [0.2, 0.25) is 0 Å². The van der Waals surface area contributed by atoms with Crippen molar-refractivity contribution in [3.63, 3.8) is 0 Å². The Morgan fingerprint density at radius 3 is 2.72 bits per heavy atom. The molecule has 6 nitrogen and oxygen atoms in total. The summed E-state index contributed by atoms with van der Waals surface area (Å²) >= 11 is 0. The normalized spacial score (nSPS) is 27.8. The van der Waals surface area contributed by atoms with E-state index in [1.54, 1.807) is 18.1 Å². The average molecular weight is 522 g/mol. The van der Waals surface area contributed by atoms with Crippen molar-refractivity contribution in [2.45, 2.75) is 30.6 Å². The van der Waals surface area contributed by atoms with Crippen LogP contribution in [0.5, 0.6) is 11.5 Å². The lowest BCUT2D eigenvalue weighted by Gasteiger charge is -2.59. The number of aliphatic carboxylic acids is 1. The number of carbonyl (C=O) groups excluding carboxylic acids is 1. The zero-order chi connectivity index (χ0) is 26.9. The van der Waals surface area contributed by atoms with E-state index in [9.17, 15) is 14.7 Å². The second-order valence-electron chi connectivity index (χ2n) is 11.3. The number of carboxylic acids is 1. The Labute approximate surface area is 227 Å². The second-order valence-corrected chi connectivity index (χ2v) is 11.3. The van der Waals surface area contributed by atoms with Gasteiger partial charge in [0, 0.05) is 47.9 Å². The molecule has 2 fully saturated rings. The van der Waals surface area contributed by atoms with Gasteiger partial charge in [-0.25, -0.2) is 0 Å². The van der Waals surface area contributed by atoms with Crippen LogP contribution in [0.3, 0.4) is 0 Å². The van der Waals surface area contributed by atoms with Crippen molar-refractivity contribution in [1.29, 1.82) is 0 Å². The van der Waals surface area contributed by atoms with Crippen LogP contribution < -0.4 is 9.47 Å². The molecule has 8 rings (SSSR count). The van der Waals surface area contributed by atoms with Crippen molar-refractivity contribution in [2.75, 3.05) is 26.8 Å². The number of carbonyl (C=O) groups is 2. The summed E-state index contributed by atoms with van der Waals surface area (Å²) in [6, 6.07) is 22.1. The molecular weight excluding hydrogens is 490 g/mol. The SMILES string of the molecule is C=C(C(=O)N1C[C@H]2[C@@]3(c4ccc5c(c4)CCO5)CC[C@H](c4ccccc43)[C@@]2(C(=O)O)C1)c1ccccc1OC. The number of rotatable bonds is 5. The summed E-state index contributed by atoms with van der Waals surface area (Å²) < 4.78 is 11.3. The molecule has 3 aromatic carbocycles. The van der Waals surface area contributed by atoms with Gasteiger partial charge in [-0.1, -0.05) is 61.2 Å². The number of carboxylic acid groups (broad SMARTS) is 1. The van der Waals surface area contributed by atoms with Gasteiger partial charge in [-0.2, -0.15) is 0 Å². The highest BCUT2D eigenvalue weighted by Gasteiger charge is 2.71. The van der Waals surface area contributed by atoms with Crippen LogP contribution in [-0.2, 0) is 21.4 Å². The number of benzene rings is 3. The molecule has 0 radical (unpaired) electrons. The van der Waals surface area contributed by atoms with Crippen LogP contribution >= 0.6 is 0 Å². The van der Waals surface area contributed by atoms with Gasteiger partial charge in [0.2, 0.25) is 0 Å². The molecule has 1 N–H and O–H groups in total. The largest absolute Gasteiger partial charge is 0.496 e. The summed E-state index contributed by atoms with van der Waals surface area (Å²) in [5, 5.41) is 11.0. The third-order valence-corrected chi connectivity index (χ3v) is 9.92. The molecular formula is C33H31NO5. The van der Waals surface area contributed by atoms with E-state index in [-0.39, 0.29) is 24.3 Å². The predicted molar refractivity (Wildman–Crippen MR) is 147 cm³/mol. The minimum Gasteiger partial charge on any atom is -0.496 e. The molecule has 0 aromatic heterocycles. The molecule has 1 saturated heterocycles. The summed E-state index contributed by atoms with van der Waals surface area (Å²) in [6.07, 6.45) is 2.47. The van der Waals surface area contributed by atoms with E-state index in [4.69, 9.17) is 9.47 Å². The highest BCUT2D eigenvalue weighted by molar-refractivity contribution is 6.19. The van der Waals surface area contributed by atoms with Crippen molar-refractivity contribution in [1.82, 2.24) is 4.90 Å². The van der Waals surface area contributed by atoms with Gasteiger partial charge in [0.1, 0.15) is 11.5 Å². The molecule has 198 valence electrons. The Kier molecular flexibility index (Phi) is 5.21. The van der Waals surface area contributed by atoms with E-state index < -0.39 is 16.8 Å². The van der Waals surface area contributed by atoms with E-state index in [0.717, 1.165) is 36.1 Å². The van der Waals surface area contributed by atoms with Gasteiger partial charge in [0.25, 0.3) is 5.91 Å². The Morgan fingerprint density at radius 2 is 1.90 bits per heavy atom. The van der Waals surface area contributed by atoms with Gasteiger partial charge in [-0.05, 0) is 47.2 Å². The molecule has 1 amide bonds. The number of hydrogen-bond donors (Lipinski definition) is 1.